The van der Waals surface area contributed by atoms with Gasteiger partial charge in [-0.3, -0.25) is 4.79 Å². The average Bonchev–Trinajstić information content (AvgIpc) is 2.28. The Balaban J connectivity index is 2.30. The topological polar surface area (TPSA) is 41.1 Å². The number of amides is 1. The van der Waals surface area contributed by atoms with Crippen molar-refractivity contribution < 1.29 is 9.18 Å². The second-order valence-corrected chi connectivity index (χ2v) is 3.52. The minimum absolute atomic E-state index is 0.238. The SMILES string of the molecule is CCCNCCNC(=O)c1cccc(F)c1. The highest BCUT2D eigenvalue weighted by Gasteiger charge is 2.04. The summed E-state index contributed by atoms with van der Waals surface area (Å²) < 4.78 is 12.8. The number of halogens is 1. The predicted octanol–water partition coefficient (Wildman–Crippen LogP) is 1.56. The van der Waals surface area contributed by atoms with E-state index in [4.69, 9.17) is 0 Å². The normalized spacial score (nSPS) is 10.1. The maximum Gasteiger partial charge on any atom is 0.251 e. The van der Waals surface area contributed by atoms with Gasteiger partial charge < -0.3 is 10.6 Å². The molecule has 3 nitrogen and oxygen atoms in total. The predicted molar refractivity (Wildman–Crippen MR) is 61.9 cm³/mol. The molecule has 0 aliphatic carbocycles. The Morgan fingerprint density at radius 2 is 2.12 bits per heavy atom. The molecule has 2 N–H and O–H groups in total. The van der Waals surface area contributed by atoms with Gasteiger partial charge in [-0.1, -0.05) is 13.0 Å². The quantitative estimate of drug-likeness (QED) is 0.720. The zero-order valence-electron chi connectivity index (χ0n) is 9.42. The molecule has 0 aliphatic heterocycles. The number of hydrogen-bond acceptors (Lipinski definition) is 2. The largest absolute Gasteiger partial charge is 0.351 e. The Morgan fingerprint density at radius 3 is 2.81 bits per heavy atom. The molecule has 0 heterocycles. The summed E-state index contributed by atoms with van der Waals surface area (Å²) in [5, 5.41) is 5.88. The molecule has 0 saturated carbocycles. The van der Waals surface area contributed by atoms with Crippen LogP contribution in [0.15, 0.2) is 24.3 Å². The van der Waals surface area contributed by atoms with Crippen LogP contribution in [-0.4, -0.2) is 25.5 Å². The third-order valence-corrected chi connectivity index (χ3v) is 2.10. The van der Waals surface area contributed by atoms with Gasteiger partial charge in [0.1, 0.15) is 5.82 Å². The van der Waals surface area contributed by atoms with E-state index in [9.17, 15) is 9.18 Å². The molecule has 1 aromatic rings. The lowest BCUT2D eigenvalue weighted by Gasteiger charge is -2.06. The monoisotopic (exact) mass is 224 g/mol. The maximum absolute atomic E-state index is 12.8. The van der Waals surface area contributed by atoms with Crippen LogP contribution in [0.2, 0.25) is 0 Å². The Hall–Kier alpha value is -1.42. The number of nitrogens with one attached hydrogen (secondary N) is 2. The lowest BCUT2D eigenvalue weighted by molar-refractivity contribution is 0.0953. The molecule has 88 valence electrons. The second-order valence-electron chi connectivity index (χ2n) is 3.52. The van der Waals surface area contributed by atoms with Crippen molar-refractivity contribution in [2.24, 2.45) is 0 Å². The first-order valence-electron chi connectivity index (χ1n) is 5.48. The van der Waals surface area contributed by atoms with E-state index >= 15 is 0 Å². The standard InChI is InChI=1S/C12H17FN2O/c1-2-6-14-7-8-15-12(16)10-4-3-5-11(13)9-10/h3-5,9,14H,2,6-8H2,1H3,(H,15,16). The molecule has 0 bridgehead atoms. The van der Waals surface area contributed by atoms with Crippen LogP contribution in [0.5, 0.6) is 0 Å². The van der Waals surface area contributed by atoms with Crippen LogP contribution in [0.3, 0.4) is 0 Å². The highest BCUT2D eigenvalue weighted by molar-refractivity contribution is 5.94. The molecule has 0 radical (unpaired) electrons. The summed E-state index contributed by atoms with van der Waals surface area (Å²) in [6.07, 6.45) is 1.07. The molecule has 16 heavy (non-hydrogen) atoms. The lowest BCUT2D eigenvalue weighted by Crippen LogP contribution is -2.32. The van der Waals surface area contributed by atoms with E-state index in [-0.39, 0.29) is 5.91 Å². The van der Waals surface area contributed by atoms with Crippen LogP contribution in [-0.2, 0) is 0 Å². The lowest BCUT2D eigenvalue weighted by atomic mass is 10.2. The third-order valence-electron chi connectivity index (χ3n) is 2.10. The number of hydrogen-bond donors (Lipinski definition) is 2. The van der Waals surface area contributed by atoms with Crippen molar-refractivity contribution in [2.75, 3.05) is 19.6 Å². The molecule has 1 aromatic carbocycles. The van der Waals surface area contributed by atoms with Crippen molar-refractivity contribution in [3.63, 3.8) is 0 Å². The first kappa shape index (κ1) is 12.6. The Morgan fingerprint density at radius 1 is 1.31 bits per heavy atom. The number of carbonyl (C=O) groups excluding carboxylic acids is 1. The molecular formula is C12H17FN2O. The summed E-state index contributed by atoms with van der Waals surface area (Å²) in [4.78, 5) is 11.5. The van der Waals surface area contributed by atoms with Crippen LogP contribution in [0.1, 0.15) is 23.7 Å². The second kappa shape index (κ2) is 6.95. The highest BCUT2D eigenvalue weighted by atomic mass is 19.1. The van der Waals surface area contributed by atoms with Gasteiger partial charge in [0.05, 0.1) is 0 Å². The average molecular weight is 224 g/mol. The van der Waals surface area contributed by atoms with Gasteiger partial charge in [0.15, 0.2) is 0 Å². The fourth-order valence-electron chi connectivity index (χ4n) is 1.30. The summed E-state index contributed by atoms with van der Waals surface area (Å²) in [5.41, 5.74) is 0.357. The van der Waals surface area contributed by atoms with Crippen molar-refractivity contribution in [3.8, 4) is 0 Å². The summed E-state index contributed by atoms with van der Waals surface area (Å²) in [6, 6.07) is 5.67. The minimum Gasteiger partial charge on any atom is -0.351 e. The summed E-state index contributed by atoms with van der Waals surface area (Å²) in [6.45, 7) is 4.30. The van der Waals surface area contributed by atoms with Crippen molar-refractivity contribution in [2.45, 2.75) is 13.3 Å². The van der Waals surface area contributed by atoms with E-state index in [1.165, 1.54) is 18.2 Å². The van der Waals surface area contributed by atoms with Crippen LogP contribution < -0.4 is 10.6 Å². The van der Waals surface area contributed by atoms with Gasteiger partial charge in [0.2, 0.25) is 0 Å². The van der Waals surface area contributed by atoms with Crippen LogP contribution in [0, 0.1) is 5.82 Å². The maximum atomic E-state index is 12.8. The van der Waals surface area contributed by atoms with Crippen molar-refractivity contribution >= 4 is 5.91 Å². The van der Waals surface area contributed by atoms with Gasteiger partial charge in [0, 0.05) is 18.7 Å². The molecule has 0 saturated heterocycles. The molecule has 0 unspecified atom stereocenters. The van der Waals surface area contributed by atoms with Gasteiger partial charge >= 0.3 is 0 Å². The van der Waals surface area contributed by atoms with E-state index in [2.05, 4.69) is 17.6 Å². The van der Waals surface area contributed by atoms with Crippen molar-refractivity contribution in [1.82, 2.24) is 10.6 Å². The van der Waals surface area contributed by atoms with E-state index in [1.54, 1.807) is 6.07 Å². The molecule has 4 heteroatoms. The molecule has 0 atom stereocenters. The van der Waals surface area contributed by atoms with Crippen LogP contribution in [0.25, 0.3) is 0 Å². The zero-order chi connectivity index (χ0) is 11.8. The van der Waals surface area contributed by atoms with Crippen molar-refractivity contribution in [1.29, 1.82) is 0 Å². The Kier molecular flexibility index (Phi) is 5.50. The highest BCUT2D eigenvalue weighted by Crippen LogP contribution is 2.02. The molecule has 0 spiro atoms. The van der Waals surface area contributed by atoms with E-state index in [0.717, 1.165) is 19.5 Å². The minimum atomic E-state index is -0.392. The number of benzene rings is 1. The van der Waals surface area contributed by atoms with Gasteiger partial charge in [-0.2, -0.15) is 0 Å². The van der Waals surface area contributed by atoms with Crippen LogP contribution in [0.4, 0.5) is 4.39 Å². The summed E-state index contributed by atoms with van der Waals surface area (Å²) in [5.74, 6) is -0.630. The summed E-state index contributed by atoms with van der Waals surface area (Å²) >= 11 is 0. The number of rotatable bonds is 6. The molecular weight excluding hydrogens is 207 g/mol. The molecule has 0 aliphatic rings. The molecule has 0 aromatic heterocycles. The fraction of sp³-hybridized carbons (Fsp3) is 0.417. The molecule has 1 rings (SSSR count). The van der Waals surface area contributed by atoms with Crippen molar-refractivity contribution in [3.05, 3.63) is 35.6 Å². The van der Waals surface area contributed by atoms with E-state index < -0.39 is 5.82 Å². The first-order valence-corrected chi connectivity index (χ1v) is 5.48. The number of carbonyl (C=O) groups is 1. The molecule has 0 fully saturated rings. The van der Waals surface area contributed by atoms with Gasteiger partial charge in [-0.05, 0) is 31.2 Å². The van der Waals surface area contributed by atoms with Gasteiger partial charge in [0.25, 0.3) is 5.91 Å². The Labute approximate surface area is 95.0 Å². The van der Waals surface area contributed by atoms with Gasteiger partial charge in [-0.25, -0.2) is 4.39 Å². The third kappa shape index (κ3) is 4.40. The summed E-state index contributed by atoms with van der Waals surface area (Å²) in [7, 11) is 0. The van der Waals surface area contributed by atoms with Gasteiger partial charge in [-0.15, -0.1) is 0 Å². The smallest absolute Gasteiger partial charge is 0.251 e. The molecule has 1 amide bonds. The Bertz CT molecular complexity index is 342. The van der Waals surface area contributed by atoms with Crippen LogP contribution >= 0.6 is 0 Å². The fourth-order valence-corrected chi connectivity index (χ4v) is 1.30. The zero-order valence-corrected chi connectivity index (χ0v) is 9.42. The first-order chi connectivity index (χ1) is 7.74. The van der Waals surface area contributed by atoms with E-state index in [1.807, 2.05) is 0 Å². The van der Waals surface area contributed by atoms with E-state index in [0.29, 0.717) is 12.1 Å².